The first-order valence-corrected chi connectivity index (χ1v) is 8.05. The fourth-order valence-corrected chi connectivity index (χ4v) is 2.81. The number of carbonyl (C=O) groups excluding carboxylic acids is 1. The zero-order valence-corrected chi connectivity index (χ0v) is 13.8. The van der Waals surface area contributed by atoms with Crippen LogP contribution in [0.25, 0.3) is 0 Å². The second-order valence-electron chi connectivity index (χ2n) is 5.85. The highest BCUT2D eigenvalue weighted by atomic mass is 16.5. The summed E-state index contributed by atoms with van der Waals surface area (Å²) in [6.45, 7) is 0.552. The first kappa shape index (κ1) is 17.4. The lowest BCUT2D eigenvalue weighted by molar-refractivity contribution is 0.117. The highest BCUT2D eigenvalue weighted by molar-refractivity contribution is 5.74. The maximum absolute atomic E-state index is 11.9. The topological polar surface area (TPSA) is 79.8 Å². The van der Waals surface area contributed by atoms with E-state index in [0.717, 1.165) is 37.7 Å². The zero-order chi connectivity index (χ0) is 16.7. The molecule has 0 spiro atoms. The lowest BCUT2D eigenvalue weighted by Crippen LogP contribution is -2.44. The van der Waals surface area contributed by atoms with Gasteiger partial charge in [-0.05, 0) is 49.8 Å². The minimum atomic E-state index is -0.207. The number of aliphatic hydroxyl groups is 1. The Morgan fingerprint density at radius 3 is 2.52 bits per heavy atom. The van der Waals surface area contributed by atoms with Crippen LogP contribution in [0.15, 0.2) is 18.2 Å². The summed E-state index contributed by atoms with van der Waals surface area (Å²) in [7, 11) is 3.21. The van der Waals surface area contributed by atoms with Gasteiger partial charge in [0.05, 0.1) is 20.3 Å². The first-order valence-electron chi connectivity index (χ1n) is 8.05. The molecule has 0 aliphatic heterocycles. The SMILES string of the molecule is COc1ccc(CCNC(=O)NC2CCC(O)CC2)cc1OC. The number of amides is 2. The lowest BCUT2D eigenvalue weighted by Gasteiger charge is -2.26. The number of aliphatic hydroxyl groups excluding tert-OH is 1. The highest BCUT2D eigenvalue weighted by Gasteiger charge is 2.20. The zero-order valence-electron chi connectivity index (χ0n) is 13.8. The van der Waals surface area contributed by atoms with E-state index in [0.29, 0.717) is 18.0 Å². The number of hydrogen-bond donors (Lipinski definition) is 3. The van der Waals surface area contributed by atoms with Crippen molar-refractivity contribution < 1.29 is 19.4 Å². The quantitative estimate of drug-likeness (QED) is 0.747. The van der Waals surface area contributed by atoms with Gasteiger partial charge in [-0.2, -0.15) is 0 Å². The monoisotopic (exact) mass is 322 g/mol. The molecule has 2 rings (SSSR count). The molecule has 0 aromatic heterocycles. The Balaban J connectivity index is 1.73. The number of rotatable bonds is 6. The van der Waals surface area contributed by atoms with E-state index in [1.165, 1.54) is 0 Å². The number of hydrogen-bond acceptors (Lipinski definition) is 4. The van der Waals surface area contributed by atoms with Crippen LogP contribution in [-0.4, -0.2) is 44.0 Å². The van der Waals surface area contributed by atoms with Crippen LogP contribution in [0.3, 0.4) is 0 Å². The van der Waals surface area contributed by atoms with E-state index in [1.54, 1.807) is 14.2 Å². The number of nitrogens with one attached hydrogen (secondary N) is 2. The molecule has 0 bridgehead atoms. The molecular weight excluding hydrogens is 296 g/mol. The van der Waals surface area contributed by atoms with Crippen LogP contribution >= 0.6 is 0 Å². The Kier molecular flexibility index (Phi) is 6.52. The number of carbonyl (C=O) groups is 1. The van der Waals surface area contributed by atoms with Gasteiger partial charge in [0.2, 0.25) is 0 Å². The van der Waals surface area contributed by atoms with Crippen molar-refractivity contribution >= 4 is 6.03 Å². The van der Waals surface area contributed by atoms with E-state index < -0.39 is 0 Å². The van der Waals surface area contributed by atoms with Crippen molar-refractivity contribution in [1.29, 1.82) is 0 Å². The summed E-state index contributed by atoms with van der Waals surface area (Å²) < 4.78 is 10.5. The van der Waals surface area contributed by atoms with E-state index in [1.807, 2.05) is 18.2 Å². The van der Waals surface area contributed by atoms with Gasteiger partial charge in [-0.15, -0.1) is 0 Å². The molecule has 1 aromatic carbocycles. The van der Waals surface area contributed by atoms with Crippen LogP contribution in [0.4, 0.5) is 4.79 Å². The van der Waals surface area contributed by atoms with Gasteiger partial charge in [0.15, 0.2) is 11.5 Å². The predicted molar refractivity (Wildman–Crippen MR) is 88.0 cm³/mol. The van der Waals surface area contributed by atoms with Crippen LogP contribution in [0.5, 0.6) is 11.5 Å². The molecule has 3 N–H and O–H groups in total. The third-order valence-electron chi connectivity index (χ3n) is 4.18. The molecule has 1 saturated carbocycles. The fourth-order valence-electron chi connectivity index (χ4n) is 2.81. The molecule has 0 heterocycles. The Morgan fingerprint density at radius 2 is 1.87 bits per heavy atom. The van der Waals surface area contributed by atoms with Crippen molar-refractivity contribution in [3.05, 3.63) is 23.8 Å². The molecule has 1 fully saturated rings. The predicted octanol–water partition coefficient (Wildman–Crippen LogP) is 1.85. The molecule has 0 atom stereocenters. The van der Waals surface area contributed by atoms with Gasteiger partial charge in [0.25, 0.3) is 0 Å². The summed E-state index contributed by atoms with van der Waals surface area (Å²) in [6, 6.07) is 5.76. The van der Waals surface area contributed by atoms with Crippen molar-refractivity contribution in [2.24, 2.45) is 0 Å². The van der Waals surface area contributed by atoms with Crippen LogP contribution < -0.4 is 20.1 Å². The van der Waals surface area contributed by atoms with Gasteiger partial charge in [0.1, 0.15) is 0 Å². The molecule has 0 unspecified atom stereocenters. The third kappa shape index (κ3) is 5.32. The number of benzene rings is 1. The highest BCUT2D eigenvalue weighted by Crippen LogP contribution is 2.27. The Labute approximate surface area is 137 Å². The van der Waals surface area contributed by atoms with Crippen LogP contribution in [-0.2, 0) is 6.42 Å². The molecule has 1 aromatic rings. The molecule has 0 saturated heterocycles. The van der Waals surface area contributed by atoms with Crippen molar-refractivity contribution in [2.45, 2.75) is 44.2 Å². The number of urea groups is 1. The van der Waals surface area contributed by atoms with E-state index >= 15 is 0 Å². The second-order valence-corrected chi connectivity index (χ2v) is 5.85. The van der Waals surface area contributed by atoms with Gasteiger partial charge in [-0.25, -0.2) is 4.79 Å². The molecule has 0 radical (unpaired) electrons. The maximum Gasteiger partial charge on any atom is 0.315 e. The molecule has 23 heavy (non-hydrogen) atoms. The number of ether oxygens (including phenoxy) is 2. The maximum atomic E-state index is 11.9. The van der Waals surface area contributed by atoms with Crippen molar-refractivity contribution in [1.82, 2.24) is 10.6 Å². The van der Waals surface area contributed by atoms with Gasteiger partial charge in [-0.1, -0.05) is 6.07 Å². The van der Waals surface area contributed by atoms with Gasteiger partial charge in [0, 0.05) is 12.6 Å². The molecule has 1 aliphatic rings. The molecule has 128 valence electrons. The van der Waals surface area contributed by atoms with E-state index in [9.17, 15) is 9.90 Å². The van der Waals surface area contributed by atoms with Gasteiger partial charge in [-0.3, -0.25) is 0 Å². The molecule has 6 heteroatoms. The van der Waals surface area contributed by atoms with Crippen LogP contribution in [0.1, 0.15) is 31.2 Å². The molecular formula is C17H26N2O4. The van der Waals surface area contributed by atoms with E-state index in [-0.39, 0.29) is 18.2 Å². The van der Waals surface area contributed by atoms with Crippen molar-refractivity contribution in [3.63, 3.8) is 0 Å². The standard InChI is InChI=1S/C17H26N2O4/c1-22-15-8-3-12(11-16(15)23-2)9-10-18-17(21)19-13-4-6-14(20)7-5-13/h3,8,11,13-14,20H,4-7,9-10H2,1-2H3,(H2,18,19,21). The lowest BCUT2D eigenvalue weighted by atomic mass is 9.93. The van der Waals surface area contributed by atoms with Crippen molar-refractivity contribution in [2.75, 3.05) is 20.8 Å². The normalized spacial score (nSPS) is 20.7. The van der Waals surface area contributed by atoms with Gasteiger partial charge >= 0.3 is 6.03 Å². The second kappa shape index (κ2) is 8.62. The summed E-state index contributed by atoms with van der Waals surface area (Å²) in [4.78, 5) is 11.9. The minimum Gasteiger partial charge on any atom is -0.493 e. The minimum absolute atomic E-state index is 0.146. The fraction of sp³-hybridized carbons (Fsp3) is 0.588. The van der Waals surface area contributed by atoms with Crippen LogP contribution in [0, 0.1) is 0 Å². The smallest absolute Gasteiger partial charge is 0.315 e. The summed E-state index contributed by atoms with van der Waals surface area (Å²) in [5.41, 5.74) is 1.07. The third-order valence-corrected chi connectivity index (χ3v) is 4.18. The van der Waals surface area contributed by atoms with Crippen molar-refractivity contribution in [3.8, 4) is 11.5 Å². The van der Waals surface area contributed by atoms with E-state index in [2.05, 4.69) is 10.6 Å². The largest absolute Gasteiger partial charge is 0.493 e. The van der Waals surface area contributed by atoms with E-state index in [4.69, 9.17) is 9.47 Å². The summed E-state index contributed by atoms with van der Waals surface area (Å²) >= 11 is 0. The summed E-state index contributed by atoms with van der Waals surface area (Å²) in [5.74, 6) is 1.39. The Hall–Kier alpha value is -1.95. The average molecular weight is 322 g/mol. The first-order chi connectivity index (χ1) is 11.1. The molecule has 6 nitrogen and oxygen atoms in total. The Bertz CT molecular complexity index is 513. The summed E-state index contributed by atoms with van der Waals surface area (Å²) in [6.07, 6.45) is 3.71. The summed E-state index contributed by atoms with van der Waals surface area (Å²) in [5, 5.41) is 15.3. The molecule has 1 aliphatic carbocycles. The van der Waals surface area contributed by atoms with Gasteiger partial charge < -0.3 is 25.2 Å². The molecule has 2 amide bonds. The average Bonchev–Trinajstić information content (AvgIpc) is 2.56. The Morgan fingerprint density at radius 1 is 1.17 bits per heavy atom. The van der Waals surface area contributed by atoms with Crippen LogP contribution in [0.2, 0.25) is 0 Å². The number of methoxy groups -OCH3 is 2.